The fourth-order valence-corrected chi connectivity index (χ4v) is 2.53. The van der Waals surface area contributed by atoms with E-state index >= 15 is 0 Å². The molecule has 1 unspecified atom stereocenters. The minimum Gasteiger partial charge on any atom is -0.384 e. The largest absolute Gasteiger partial charge is 0.384 e. The van der Waals surface area contributed by atoms with Crippen molar-refractivity contribution >= 4 is 11.5 Å². The SMILES string of the molecule is CCOC1CCCN(c2ccc(F)cc2C(=N)N)C1. The van der Waals surface area contributed by atoms with E-state index in [2.05, 4.69) is 4.90 Å². The number of nitrogens with zero attached hydrogens (tertiary/aromatic N) is 1. The standard InChI is InChI=1S/C14H20FN3O/c1-2-19-11-4-3-7-18(9-11)13-6-5-10(15)8-12(13)14(16)17/h5-6,8,11H,2-4,7,9H2,1H3,(H3,16,17). The van der Waals surface area contributed by atoms with Crippen LogP contribution in [0.3, 0.4) is 0 Å². The molecular formula is C14H20FN3O. The summed E-state index contributed by atoms with van der Waals surface area (Å²) in [6, 6.07) is 4.43. The van der Waals surface area contributed by atoms with Crippen molar-refractivity contribution in [3.05, 3.63) is 29.6 Å². The number of nitrogens with two attached hydrogens (primary N) is 1. The molecule has 0 radical (unpaired) electrons. The van der Waals surface area contributed by atoms with Crippen LogP contribution in [0.1, 0.15) is 25.3 Å². The van der Waals surface area contributed by atoms with Crippen molar-refractivity contribution in [1.82, 2.24) is 0 Å². The topological polar surface area (TPSA) is 62.3 Å². The maximum atomic E-state index is 13.3. The van der Waals surface area contributed by atoms with Gasteiger partial charge in [-0.15, -0.1) is 0 Å². The van der Waals surface area contributed by atoms with Crippen LogP contribution in [0.15, 0.2) is 18.2 Å². The molecule has 1 aromatic rings. The van der Waals surface area contributed by atoms with Gasteiger partial charge in [-0.05, 0) is 38.0 Å². The first-order valence-corrected chi connectivity index (χ1v) is 6.62. The molecule has 2 rings (SSSR count). The van der Waals surface area contributed by atoms with Gasteiger partial charge in [-0.1, -0.05) is 0 Å². The molecule has 0 aliphatic carbocycles. The number of hydrogen-bond donors (Lipinski definition) is 2. The van der Waals surface area contributed by atoms with Gasteiger partial charge in [0.15, 0.2) is 0 Å². The van der Waals surface area contributed by atoms with Crippen LogP contribution in [0.5, 0.6) is 0 Å². The fraction of sp³-hybridized carbons (Fsp3) is 0.500. The molecule has 104 valence electrons. The average molecular weight is 265 g/mol. The highest BCUT2D eigenvalue weighted by Crippen LogP contribution is 2.25. The molecule has 1 aliphatic heterocycles. The van der Waals surface area contributed by atoms with Crippen LogP contribution in [0.25, 0.3) is 0 Å². The Bertz CT molecular complexity index is 462. The molecule has 0 bridgehead atoms. The molecule has 4 nitrogen and oxygen atoms in total. The van der Waals surface area contributed by atoms with Crippen molar-refractivity contribution in [2.75, 3.05) is 24.6 Å². The number of benzene rings is 1. The van der Waals surface area contributed by atoms with Crippen LogP contribution in [0.2, 0.25) is 0 Å². The van der Waals surface area contributed by atoms with Gasteiger partial charge in [0.2, 0.25) is 0 Å². The Labute approximate surface area is 112 Å². The Morgan fingerprint density at radius 2 is 2.37 bits per heavy atom. The van der Waals surface area contributed by atoms with E-state index in [-0.39, 0.29) is 17.8 Å². The number of amidine groups is 1. The van der Waals surface area contributed by atoms with Crippen LogP contribution in [0, 0.1) is 11.2 Å². The van der Waals surface area contributed by atoms with Crippen molar-refractivity contribution in [2.45, 2.75) is 25.9 Å². The molecular weight excluding hydrogens is 245 g/mol. The first-order valence-electron chi connectivity index (χ1n) is 6.62. The zero-order chi connectivity index (χ0) is 13.8. The van der Waals surface area contributed by atoms with E-state index in [0.717, 1.165) is 31.6 Å². The fourth-order valence-electron chi connectivity index (χ4n) is 2.53. The molecule has 1 fully saturated rings. The summed E-state index contributed by atoms with van der Waals surface area (Å²) in [5, 5.41) is 7.58. The second-order valence-corrected chi connectivity index (χ2v) is 4.74. The van der Waals surface area contributed by atoms with Crippen molar-refractivity contribution < 1.29 is 9.13 Å². The summed E-state index contributed by atoms with van der Waals surface area (Å²) >= 11 is 0. The molecule has 0 amide bonds. The van der Waals surface area contributed by atoms with Gasteiger partial charge >= 0.3 is 0 Å². The number of ether oxygens (including phenoxy) is 1. The third-order valence-corrected chi connectivity index (χ3v) is 3.37. The van der Waals surface area contributed by atoms with Gasteiger partial charge in [-0.25, -0.2) is 4.39 Å². The summed E-state index contributed by atoms with van der Waals surface area (Å²) in [7, 11) is 0. The van der Waals surface area contributed by atoms with Gasteiger partial charge in [-0.3, -0.25) is 5.41 Å². The molecule has 3 N–H and O–H groups in total. The van der Waals surface area contributed by atoms with Gasteiger partial charge in [-0.2, -0.15) is 0 Å². The first kappa shape index (κ1) is 13.8. The normalized spacial score (nSPS) is 19.5. The van der Waals surface area contributed by atoms with Crippen LogP contribution in [-0.4, -0.2) is 31.6 Å². The predicted octanol–water partition coefficient (Wildman–Crippen LogP) is 2.12. The maximum Gasteiger partial charge on any atom is 0.125 e. The summed E-state index contributed by atoms with van der Waals surface area (Å²) in [5.74, 6) is -0.472. The number of halogens is 1. The monoisotopic (exact) mass is 265 g/mol. The summed E-state index contributed by atoms with van der Waals surface area (Å²) in [4.78, 5) is 2.12. The lowest BCUT2D eigenvalue weighted by Gasteiger charge is -2.35. The highest BCUT2D eigenvalue weighted by atomic mass is 19.1. The summed E-state index contributed by atoms with van der Waals surface area (Å²) < 4.78 is 18.9. The molecule has 19 heavy (non-hydrogen) atoms. The van der Waals surface area contributed by atoms with E-state index in [4.69, 9.17) is 15.9 Å². The highest BCUT2D eigenvalue weighted by Gasteiger charge is 2.22. The summed E-state index contributed by atoms with van der Waals surface area (Å²) in [6.07, 6.45) is 2.27. The molecule has 0 aromatic heterocycles. The van der Waals surface area contributed by atoms with Gasteiger partial charge in [0, 0.05) is 30.9 Å². The molecule has 1 saturated heterocycles. The maximum absolute atomic E-state index is 13.3. The third kappa shape index (κ3) is 3.23. The van der Waals surface area contributed by atoms with E-state index in [9.17, 15) is 4.39 Å². The lowest BCUT2D eigenvalue weighted by molar-refractivity contribution is 0.0526. The molecule has 1 aromatic carbocycles. The minimum atomic E-state index is -0.368. The zero-order valence-corrected chi connectivity index (χ0v) is 11.2. The Balaban J connectivity index is 2.23. The predicted molar refractivity (Wildman–Crippen MR) is 74.3 cm³/mol. The number of piperidine rings is 1. The third-order valence-electron chi connectivity index (χ3n) is 3.37. The van der Waals surface area contributed by atoms with Crippen LogP contribution < -0.4 is 10.6 Å². The summed E-state index contributed by atoms with van der Waals surface area (Å²) in [5.41, 5.74) is 6.82. The van der Waals surface area contributed by atoms with Crippen LogP contribution in [0.4, 0.5) is 10.1 Å². The number of anilines is 1. The Morgan fingerprint density at radius 3 is 3.05 bits per heavy atom. The Kier molecular flexibility index (Phi) is 4.37. The molecule has 1 atom stereocenters. The minimum absolute atomic E-state index is 0.104. The van der Waals surface area contributed by atoms with Crippen molar-refractivity contribution in [1.29, 1.82) is 5.41 Å². The van der Waals surface area contributed by atoms with Gasteiger partial charge < -0.3 is 15.4 Å². The zero-order valence-electron chi connectivity index (χ0n) is 11.2. The van der Waals surface area contributed by atoms with Crippen molar-refractivity contribution in [2.24, 2.45) is 5.73 Å². The second-order valence-electron chi connectivity index (χ2n) is 4.74. The number of hydrogen-bond acceptors (Lipinski definition) is 3. The molecule has 1 heterocycles. The average Bonchev–Trinajstić information content (AvgIpc) is 2.39. The van der Waals surface area contributed by atoms with Gasteiger partial charge in [0.25, 0.3) is 0 Å². The van der Waals surface area contributed by atoms with E-state index < -0.39 is 0 Å². The van der Waals surface area contributed by atoms with E-state index in [1.807, 2.05) is 6.92 Å². The highest BCUT2D eigenvalue weighted by molar-refractivity contribution is 6.00. The van der Waals surface area contributed by atoms with E-state index in [0.29, 0.717) is 12.2 Å². The van der Waals surface area contributed by atoms with Gasteiger partial charge in [0.05, 0.1) is 6.10 Å². The van der Waals surface area contributed by atoms with Crippen molar-refractivity contribution in [3.8, 4) is 0 Å². The molecule has 0 saturated carbocycles. The molecule has 5 heteroatoms. The lowest BCUT2D eigenvalue weighted by Crippen LogP contribution is -2.40. The number of rotatable bonds is 4. The van der Waals surface area contributed by atoms with Crippen molar-refractivity contribution in [3.63, 3.8) is 0 Å². The quantitative estimate of drug-likeness (QED) is 0.647. The molecule has 0 spiro atoms. The Morgan fingerprint density at radius 1 is 1.58 bits per heavy atom. The second kappa shape index (κ2) is 6.02. The smallest absolute Gasteiger partial charge is 0.125 e. The first-order chi connectivity index (χ1) is 9.11. The van der Waals surface area contributed by atoms with E-state index in [1.165, 1.54) is 12.1 Å². The number of nitrogen functional groups attached to an aromatic ring is 1. The summed E-state index contributed by atoms with van der Waals surface area (Å²) in [6.45, 7) is 4.33. The van der Waals surface area contributed by atoms with E-state index in [1.54, 1.807) is 6.07 Å². The van der Waals surface area contributed by atoms with Gasteiger partial charge in [0.1, 0.15) is 11.7 Å². The molecule has 1 aliphatic rings. The Hall–Kier alpha value is -1.62. The lowest BCUT2D eigenvalue weighted by atomic mass is 10.0. The number of nitrogens with one attached hydrogen (secondary N) is 1. The van der Waals surface area contributed by atoms with Crippen LogP contribution in [-0.2, 0) is 4.74 Å². The van der Waals surface area contributed by atoms with Crippen LogP contribution >= 0.6 is 0 Å².